The summed E-state index contributed by atoms with van der Waals surface area (Å²) in [5, 5.41) is 13.6. The van der Waals surface area contributed by atoms with Crippen molar-refractivity contribution >= 4 is 11.6 Å². The van der Waals surface area contributed by atoms with Crippen LogP contribution in [-0.4, -0.2) is 44.1 Å². The molecule has 0 saturated carbocycles. The number of fused-ring (bicyclic) bond motifs is 2. The lowest BCUT2D eigenvalue weighted by atomic mass is 9.85. The van der Waals surface area contributed by atoms with Crippen molar-refractivity contribution < 1.29 is 23.1 Å². The van der Waals surface area contributed by atoms with E-state index in [0.717, 1.165) is 18.9 Å². The topological polar surface area (TPSA) is 70.4 Å². The van der Waals surface area contributed by atoms with Crippen LogP contribution in [0.4, 0.5) is 18.9 Å². The number of nitrogens with zero attached hydrogens (tertiary/aromatic N) is 3. The Morgan fingerprint density at radius 2 is 1.93 bits per heavy atom. The average molecular weight is 408 g/mol. The first kappa shape index (κ1) is 19.9. The van der Waals surface area contributed by atoms with Crippen molar-refractivity contribution in [1.29, 1.82) is 0 Å². The van der Waals surface area contributed by atoms with E-state index in [1.165, 1.54) is 18.2 Å². The highest BCUT2D eigenvalue weighted by molar-refractivity contribution is 5.93. The molecular formula is C20H23F3N4O2. The van der Waals surface area contributed by atoms with Gasteiger partial charge in [-0.05, 0) is 37.8 Å². The molecule has 0 radical (unpaired) electrons. The number of imidazole rings is 1. The summed E-state index contributed by atoms with van der Waals surface area (Å²) in [6.45, 7) is -0.00182. The van der Waals surface area contributed by atoms with Crippen LogP contribution in [0.3, 0.4) is 0 Å². The number of alkyl halides is 3. The van der Waals surface area contributed by atoms with Gasteiger partial charge in [0, 0.05) is 31.5 Å². The number of piperidine rings is 1. The highest BCUT2D eigenvalue weighted by Crippen LogP contribution is 2.45. The number of hydrogen-bond acceptors (Lipinski definition) is 4. The number of amides is 1. The van der Waals surface area contributed by atoms with E-state index in [9.17, 15) is 23.1 Å². The molecule has 2 atom stereocenters. The largest absolute Gasteiger partial charge is 0.418 e. The predicted octanol–water partition coefficient (Wildman–Crippen LogP) is 2.89. The Morgan fingerprint density at radius 1 is 1.28 bits per heavy atom. The van der Waals surface area contributed by atoms with E-state index in [4.69, 9.17) is 0 Å². The zero-order valence-corrected chi connectivity index (χ0v) is 16.0. The van der Waals surface area contributed by atoms with Gasteiger partial charge >= 0.3 is 6.18 Å². The molecule has 29 heavy (non-hydrogen) atoms. The molecule has 0 spiro atoms. The minimum absolute atomic E-state index is 0.00182. The molecule has 2 saturated heterocycles. The number of aromatic nitrogens is 2. The van der Waals surface area contributed by atoms with Gasteiger partial charge in [-0.15, -0.1) is 0 Å². The third kappa shape index (κ3) is 3.76. The van der Waals surface area contributed by atoms with Crippen LogP contribution < -0.4 is 5.32 Å². The Morgan fingerprint density at radius 3 is 2.52 bits per heavy atom. The summed E-state index contributed by atoms with van der Waals surface area (Å²) in [7, 11) is 1.83. The maximum atomic E-state index is 13.1. The number of carbonyl (C=O) groups is 1. The quantitative estimate of drug-likeness (QED) is 0.816. The second-order valence-corrected chi connectivity index (χ2v) is 7.95. The maximum absolute atomic E-state index is 13.1. The molecule has 156 valence electrons. The van der Waals surface area contributed by atoms with E-state index in [1.54, 1.807) is 17.0 Å². The van der Waals surface area contributed by atoms with Gasteiger partial charge in [0.25, 0.3) is 0 Å². The van der Waals surface area contributed by atoms with Gasteiger partial charge in [-0.2, -0.15) is 13.2 Å². The van der Waals surface area contributed by atoms with Crippen LogP contribution in [0, 0.1) is 0 Å². The normalized spacial score (nSPS) is 27.2. The lowest BCUT2D eigenvalue weighted by molar-refractivity contribution is -0.137. The third-order valence-corrected chi connectivity index (χ3v) is 5.99. The molecule has 2 bridgehead atoms. The molecule has 0 aliphatic carbocycles. The van der Waals surface area contributed by atoms with Crippen LogP contribution in [0.2, 0.25) is 0 Å². The van der Waals surface area contributed by atoms with E-state index in [-0.39, 0.29) is 24.3 Å². The van der Waals surface area contributed by atoms with E-state index in [2.05, 4.69) is 10.3 Å². The minimum Gasteiger partial charge on any atom is -0.382 e. The molecule has 2 N–H and O–H groups in total. The molecule has 0 unspecified atom stereocenters. The zero-order valence-electron chi connectivity index (χ0n) is 16.0. The Kier molecular flexibility index (Phi) is 4.90. The zero-order chi connectivity index (χ0) is 20.8. The van der Waals surface area contributed by atoms with E-state index < -0.39 is 23.2 Å². The first-order valence-electron chi connectivity index (χ1n) is 9.59. The number of aliphatic hydroxyl groups is 1. The number of aryl methyl sites for hydroxylation is 1. The number of nitrogens with one attached hydrogen (secondary N) is 1. The lowest BCUT2D eigenvalue weighted by Gasteiger charge is -2.43. The SMILES string of the molecule is Cn1ccnc1C1(O)C[C@@H]2CC[C@@H](C1)N2CC(=O)Nc1ccccc1C(F)(F)F. The van der Waals surface area contributed by atoms with Crippen molar-refractivity contribution in [2.75, 3.05) is 11.9 Å². The van der Waals surface area contributed by atoms with Gasteiger partial charge in [-0.25, -0.2) is 4.98 Å². The van der Waals surface area contributed by atoms with Crippen molar-refractivity contribution in [3.8, 4) is 0 Å². The van der Waals surface area contributed by atoms with Crippen molar-refractivity contribution in [3.63, 3.8) is 0 Å². The fraction of sp³-hybridized carbons (Fsp3) is 0.500. The summed E-state index contributed by atoms with van der Waals surface area (Å²) in [6, 6.07) is 4.93. The molecule has 2 aromatic rings. The predicted molar refractivity (Wildman–Crippen MR) is 99.9 cm³/mol. The summed E-state index contributed by atoms with van der Waals surface area (Å²) in [5.41, 5.74) is -2.15. The number of rotatable bonds is 4. The number of halogens is 3. The molecule has 1 amide bonds. The number of para-hydroxylation sites is 1. The van der Waals surface area contributed by atoms with E-state index >= 15 is 0 Å². The Balaban J connectivity index is 1.46. The smallest absolute Gasteiger partial charge is 0.382 e. The van der Waals surface area contributed by atoms with Crippen LogP contribution in [0.15, 0.2) is 36.7 Å². The molecule has 2 aliphatic rings. The summed E-state index contributed by atoms with van der Waals surface area (Å²) in [6.07, 6.45) is 1.46. The van der Waals surface area contributed by atoms with Crippen LogP contribution in [0.5, 0.6) is 0 Å². The van der Waals surface area contributed by atoms with Crippen LogP contribution in [-0.2, 0) is 23.6 Å². The van der Waals surface area contributed by atoms with Crippen molar-refractivity contribution in [2.24, 2.45) is 7.05 Å². The average Bonchev–Trinajstić information content (AvgIpc) is 3.17. The first-order chi connectivity index (χ1) is 13.7. The Bertz CT molecular complexity index is 897. The standard InChI is InChI=1S/C20H23F3N4O2/c1-26-9-8-24-18(26)19(29)10-13-6-7-14(11-19)27(13)12-17(28)25-16-5-3-2-4-15(16)20(21,22)23/h2-5,8-9,13-14,29H,6-7,10-12H2,1H3,(H,25,28)/t13-,14-/m0/s1. The highest BCUT2D eigenvalue weighted by Gasteiger charge is 2.50. The molecule has 1 aromatic heterocycles. The summed E-state index contributed by atoms with van der Waals surface area (Å²) in [4.78, 5) is 18.8. The van der Waals surface area contributed by atoms with Gasteiger partial charge in [0.1, 0.15) is 11.4 Å². The van der Waals surface area contributed by atoms with Gasteiger partial charge < -0.3 is 15.0 Å². The molecule has 1 aromatic carbocycles. The highest BCUT2D eigenvalue weighted by atomic mass is 19.4. The number of hydrogen-bond donors (Lipinski definition) is 2. The van der Waals surface area contributed by atoms with Gasteiger partial charge in [0.15, 0.2) is 0 Å². The van der Waals surface area contributed by atoms with Gasteiger partial charge in [0.2, 0.25) is 5.91 Å². The van der Waals surface area contributed by atoms with Gasteiger partial charge in [0.05, 0.1) is 17.8 Å². The van der Waals surface area contributed by atoms with Crippen LogP contribution >= 0.6 is 0 Å². The second kappa shape index (κ2) is 7.14. The molecule has 2 aliphatic heterocycles. The van der Waals surface area contributed by atoms with Gasteiger partial charge in [-0.3, -0.25) is 9.69 Å². The van der Waals surface area contributed by atoms with E-state index in [0.29, 0.717) is 18.7 Å². The minimum atomic E-state index is -4.54. The van der Waals surface area contributed by atoms with Crippen molar-refractivity contribution in [1.82, 2.24) is 14.5 Å². The fourth-order valence-electron chi connectivity index (χ4n) is 4.77. The number of carbonyl (C=O) groups excluding carboxylic acids is 1. The van der Waals surface area contributed by atoms with Crippen molar-refractivity contribution in [3.05, 3.63) is 48.0 Å². The molecule has 2 fully saturated rings. The van der Waals surface area contributed by atoms with Crippen LogP contribution in [0.25, 0.3) is 0 Å². The molecule has 3 heterocycles. The monoisotopic (exact) mass is 408 g/mol. The molecular weight excluding hydrogens is 385 g/mol. The Labute approximate surface area is 166 Å². The molecule has 9 heteroatoms. The number of anilines is 1. The summed E-state index contributed by atoms with van der Waals surface area (Å²) in [5.74, 6) is 0.124. The van der Waals surface area contributed by atoms with Crippen LogP contribution in [0.1, 0.15) is 37.1 Å². The molecule has 4 rings (SSSR count). The lowest BCUT2D eigenvalue weighted by Crippen LogP contribution is -2.52. The summed E-state index contributed by atoms with van der Waals surface area (Å²) >= 11 is 0. The van der Waals surface area contributed by atoms with E-state index in [1.807, 2.05) is 11.9 Å². The first-order valence-corrected chi connectivity index (χ1v) is 9.59. The third-order valence-electron chi connectivity index (χ3n) is 5.99. The van der Waals surface area contributed by atoms with Gasteiger partial charge in [-0.1, -0.05) is 12.1 Å². The summed E-state index contributed by atoms with van der Waals surface area (Å²) < 4.78 is 41.2. The second-order valence-electron chi connectivity index (χ2n) is 7.95. The Hall–Kier alpha value is -2.39. The van der Waals surface area contributed by atoms with Crippen molar-refractivity contribution in [2.45, 2.75) is 49.5 Å². The number of benzene rings is 1. The fourth-order valence-corrected chi connectivity index (χ4v) is 4.77. The maximum Gasteiger partial charge on any atom is 0.418 e. The molecule has 6 nitrogen and oxygen atoms in total.